The van der Waals surface area contributed by atoms with Crippen molar-refractivity contribution in [2.75, 3.05) is 18.6 Å². The number of nitrogens with zero attached hydrogens (tertiary/aromatic N) is 3. The van der Waals surface area contributed by atoms with Crippen LogP contribution in [0.3, 0.4) is 0 Å². The molecule has 3 aromatic carbocycles. The molecule has 0 spiro atoms. The van der Waals surface area contributed by atoms with Crippen LogP contribution in [0.1, 0.15) is 47.3 Å². The average Bonchev–Trinajstić information content (AvgIpc) is 3.45. The molecule has 0 aliphatic carbocycles. The molecule has 0 aromatic heterocycles. The van der Waals surface area contributed by atoms with Crippen LogP contribution in [0.4, 0.5) is 5.69 Å². The van der Waals surface area contributed by atoms with Crippen molar-refractivity contribution in [2.24, 2.45) is 16.9 Å². The normalized spacial score (nSPS) is 22.9. The predicted molar refractivity (Wildman–Crippen MR) is 146 cm³/mol. The Balaban J connectivity index is 1.38. The molecule has 4 atom stereocenters. The summed E-state index contributed by atoms with van der Waals surface area (Å²) in [6.07, 6.45) is 3.67. The van der Waals surface area contributed by atoms with E-state index in [1.54, 1.807) is 66.9 Å². The van der Waals surface area contributed by atoms with Crippen molar-refractivity contribution in [1.29, 1.82) is 0 Å². The number of benzene rings is 3. The Morgan fingerprint density at radius 3 is 2.31 bits per heavy atom. The number of methoxy groups -OCH3 is 1. The molecule has 3 aliphatic rings. The Labute approximate surface area is 226 Å². The van der Waals surface area contributed by atoms with Crippen LogP contribution in [0.15, 0.2) is 77.9 Å². The van der Waals surface area contributed by atoms with Gasteiger partial charge in [0, 0.05) is 5.56 Å². The molecule has 0 radical (unpaired) electrons. The molecule has 0 bridgehead atoms. The lowest BCUT2D eigenvalue weighted by molar-refractivity contribution is -0.124. The lowest BCUT2D eigenvalue weighted by Gasteiger charge is -2.33. The van der Waals surface area contributed by atoms with Gasteiger partial charge in [0.2, 0.25) is 11.8 Å². The van der Waals surface area contributed by atoms with E-state index in [4.69, 9.17) is 9.47 Å². The standard InChI is InChI=1S/C31H29N3O5/c1-3-4-17-39-23-15-11-21(12-16-23)33-30(36)25-26(31(33)37)28(29(35)19-9-13-22(38-2)14-10-19)34-27(25)24-8-6-5-7-20(24)18-32-34/h5-16,18,25-28H,3-4,17H2,1-2H3/t25-,26+,27-,28-/m1/s1. The summed E-state index contributed by atoms with van der Waals surface area (Å²) in [7, 11) is 1.56. The van der Waals surface area contributed by atoms with Crippen molar-refractivity contribution in [2.45, 2.75) is 31.8 Å². The summed E-state index contributed by atoms with van der Waals surface area (Å²) in [5, 5.41) is 6.28. The summed E-state index contributed by atoms with van der Waals surface area (Å²) in [5.41, 5.74) is 2.66. The summed E-state index contributed by atoms with van der Waals surface area (Å²) in [4.78, 5) is 43.2. The molecule has 3 heterocycles. The van der Waals surface area contributed by atoms with Crippen LogP contribution < -0.4 is 14.4 Å². The van der Waals surface area contributed by atoms with Gasteiger partial charge in [-0.05, 0) is 66.1 Å². The Kier molecular flexibility index (Phi) is 6.38. The second kappa shape index (κ2) is 10.0. The molecule has 3 aromatic rings. The Hall–Kier alpha value is -4.46. The van der Waals surface area contributed by atoms with E-state index in [1.807, 2.05) is 24.3 Å². The monoisotopic (exact) mass is 523 g/mol. The summed E-state index contributed by atoms with van der Waals surface area (Å²) in [5.74, 6) is -1.28. The topological polar surface area (TPSA) is 88.5 Å². The summed E-state index contributed by atoms with van der Waals surface area (Å²) >= 11 is 0. The Morgan fingerprint density at radius 2 is 1.59 bits per heavy atom. The van der Waals surface area contributed by atoms with Gasteiger partial charge in [-0.15, -0.1) is 0 Å². The first-order chi connectivity index (χ1) is 19.0. The van der Waals surface area contributed by atoms with Gasteiger partial charge in [-0.1, -0.05) is 37.6 Å². The van der Waals surface area contributed by atoms with Crippen LogP contribution in [0.2, 0.25) is 0 Å². The number of carbonyl (C=O) groups excluding carboxylic acids is 3. The van der Waals surface area contributed by atoms with E-state index in [1.165, 1.54) is 4.90 Å². The molecular formula is C31H29N3O5. The van der Waals surface area contributed by atoms with E-state index in [-0.39, 0.29) is 11.7 Å². The maximum Gasteiger partial charge on any atom is 0.240 e. The van der Waals surface area contributed by atoms with Gasteiger partial charge in [-0.3, -0.25) is 19.4 Å². The van der Waals surface area contributed by atoms with E-state index >= 15 is 0 Å². The third kappa shape index (κ3) is 4.07. The molecular weight excluding hydrogens is 494 g/mol. The van der Waals surface area contributed by atoms with Crippen LogP contribution in [-0.2, 0) is 9.59 Å². The zero-order chi connectivity index (χ0) is 27.1. The number of ether oxygens (including phenoxy) is 2. The third-order valence-electron chi connectivity index (χ3n) is 7.80. The van der Waals surface area contributed by atoms with E-state index in [0.29, 0.717) is 29.4 Å². The number of ketones is 1. The van der Waals surface area contributed by atoms with Crippen LogP contribution in [0.25, 0.3) is 0 Å². The molecule has 3 aliphatic heterocycles. The first-order valence-corrected chi connectivity index (χ1v) is 13.2. The van der Waals surface area contributed by atoms with E-state index in [0.717, 1.165) is 24.0 Å². The van der Waals surface area contributed by atoms with Crippen LogP contribution in [0, 0.1) is 11.8 Å². The summed E-state index contributed by atoms with van der Waals surface area (Å²) < 4.78 is 11.0. The number of hydrogen-bond acceptors (Lipinski definition) is 7. The molecule has 8 heteroatoms. The molecule has 0 saturated carbocycles. The minimum Gasteiger partial charge on any atom is -0.497 e. The number of unbranched alkanes of at least 4 members (excludes halogenated alkanes) is 1. The first-order valence-electron chi connectivity index (χ1n) is 13.2. The number of hydrogen-bond donors (Lipinski definition) is 0. The molecule has 2 saturated heterocycles. The number of anilines is 1. The van der Waals surface area contributed by atoms with E-state index in [2.05, 4.69) is 12.0 Å². The largest absolute Gasteiger partial charge is 0.497 e. The van der Waals surface area contributed by atoms with Gasteiger partial charge in [-0.25, -0.2) is 4.90 Å². The van der Waals surface area contributed by atoms with Gasteiger partial charge in [0.25, 0.3) is 0 Å². The first kappa shape index (κ1) is 24.9. The molecule has 2 fully saturated rings. The van der Waals surface area contributed by atoms with Crippen molar-refractivity contribution in [3.8, 4) is 11.5 Å². The van der Waals surface area contributed by atoms with Crippen molar-refractivity contribution < 1.29 is 23.9 Å². The van der Waals surface area contributed by atoms with Crippen LogP contribution in [-0.4, -0.2) is 48.6 Å². The quantitative estimate of drug-likeness (QED) is 0.243. The van der Waals surface area contributed by atoms with Gasteiger partial charge in [0.1, 0.15) is 17.5 Å². The van der Waals surface area contributed by atoms with Gasteiger partial charge in [0.15, 0.2) is 5.78 Å². The highest BCUT2D eigenvalue weighted by Gasteiger charge is 2.65. The number of rotatable bonds is 8. The van der Waals surface area contributed by atoms with Crippen molar-refractivity contribution in [3.05, 3.63) is 89.5 Å². The number of hydrazone groups is 1. The van der Waals surface area contributed by atoms with Gasteiger partial charge >= 0.3 is 0 Å². The number of amides is 2. The Bertz CT molecular complexity index is 1450. The second-order valence-electron chi connectivity index (χ2n) is 10.00. The molecule has 0 unspecified atom stereocenters. The van der Waals surface area contributed by atoms with Crippen LogP contribution >= 0.6 is 0 Å². The lowest BCUT2D eigenvalue weighted by atomic mass is 9.83. The second-order valence-corrected chi connectivity index (χ2v) is 10.00. The SMILES string of the molecule is CCCCOc1ccc(N2C(=O)[C@@H]3[C@H](C2=O)[C@H](C(=O)c2ccc(OC)cc2)N2N=Cc4ccccc4[C@H]32)cc1. The number of Topliss-reactive ketones (excluding diaryl/α,β-unsaturated/α-hetero) is 1. The van der Waals surface area contributed by atoms with E-state index in [9.17, 15) is 14.4 Å². The third-order valence-corrected chi connectivity index (χ3v) is 7.80. The molecule has 39 heavy (non-hydrogen) atoms. The zero-order valence-electron chi connectivity index (χ0n) is 21.8. The highest BCUT2D eigenvalue weighted by atomic mass is 16.5. The summed E-state index contributed by atoms with van der Waals surface area (Å²) in [6, 6.07) is 20.0. The molecule has 8 nitrogen and oxygen atoms in total. The van der Waals surface area contributed by atoms with Crippen molar-refractivity contribution in [1.82, 2.24) is 5.01 Å². The smallest absolute Gasteiger partial charge is 0.240 e. The molecule has 0 N–H and O–H groups in total. The molecule has 198 valence electrons. The fraction of sp³-hybridized carbons (Fsp3) is 0.290. The lowest BCUT2D eigenvalue weighted by Crippen LogP contribution is -2.44. The Morgan fingerprint density at radius 1 is 0.897 bits per heavy atom. The highest BCUT2D eigenvalue weighted by Crippen LogP contribution is 2.53. The maximum atomic E-state index is 14.0. The van der Waals surface area contributed by atoms with Crippen molar-refractivity contribution in [3.63, 3.8) is 0 Å². The number of carbonyl (C=O) groups is 3. The summed E-state index contributed by atoms with van der Waals surface area (Å²) in [6.45, 7) is 2.70. The fourth-order valence-electron chi connectivity index (χ4n) is 5.87. The number of imide groups is 1. The minimum absolute atomic E-state index is 0.255. The zero-order valence-corrected chi connectivity index (χ0v) is 21.8. The predicted octanol–water partition coefficient (Wildman–Crippen LogP) is 4.64. The van der Waals surface area contributed by atoms with Gasteiger partial charge in [0.05, 0.1) is 43.5 Å². The fourth-order valence-corrected chi connectivity index (χ4v) is 5.87. The maximum absolute atomic E-state index is 14.0. The average molecular weight is 524 g/mol. The molecule has 6 rings (SSSR count). The highest BCUT2D eigenvalue weighted by molar-refractivity contribution is 6.24. The van der Waals surface area contributed by atoms with E-state index < -0.39 is 29.8 Å². The van der Waals surface area contributed by atoms with Crippen molar-refractivity contribution >= 4 is 29.5 Å². The number of fused-ring (bicyclic) bond motifs is 5. The molecule has 2 amide bonds. The van der Waals surface area contributed by atoms with Gasteiger partial charge < -0.3 is 9.47 Å². The van der Waals surface area contributed by atoms with Crippen LogP contribution in [0.5, 0.6) is 11.5 Å². The van der Waals surface area contributed by atoms with Gasteiger partial charge in [-0.2, -0.15) is 5.10 Å². The minimum atomic E-state index is -0.920.